The summed E-state index contributed by atoms with van der Waals surface area (Å²) in [5.41, 5.74) is 3.67. The first-order chi connectivity index (χ1) is 14.6. The Kier molecular flexibility index (Phi) is 5.90. The van der Waals surface area contributed by atoms with E-state index >= 15 is 0 Å². The number of hydrogen-bond acceptors (Lipinski definition) is 5. The minimum absolute atomic E-state index is 0.103. The predicted molar refractivity (Wildman–Crippen MR) is 119 cm³/mol. The number of fused-ring (bicyclic) bond motifs is 3. The van der Waals surface area contributed by atoms with Crippen molar-refractivity contribution < 1.29 is 14.3 Å². The molecule has 3 heterocycles. The lowest BCUT2D eigenvalue weighted by Gasteiger charge is -2.39. The lowest BCUT2D eigenvalue weighted by Crippen LogP contribution is -2.38. The molecule has 0 saturated carbocycles. The second-order valence-electron chi connectivity index (χ2n) is 7.44. The van der Waals surface area contributed by atoms with Crippen molar-refractivity contribution in [3.05, 3.63) is 77.0 Å². The number of nitrogens with one attached hydrogen (secondary N) is 2. The number of thiophene rings is 1. The van der Waals surface area contributed by atoms with E-state index in [4.69, 9.17) is 4.74 Å². The number of anilines is 1. The molecule has 156 valence electrons. The molecule has 2 amide bonds. The van der Waals surface area contributed by atoms with Gasteiger partial charge >= 0.3 is 6.09 Å². The molecule has 1 aromatic carbocycles. The maximum Gasteiger partial charge on any atom is 0.410 e. The molecule has 0 aliphatic carbocycles. The van der Waals surface area contributed by atoms with Crippen LogP contribution < -0.4 is 10.6 Å². The third kappa shape index (κ3) is 3.73. The lowest BCUT2D eigenvalue weighted by molar-refractivity contribution is 0.0957. The fourth-order valence-electron chi connectivity index (χ4n) is 4.39. The quantitative estimate of drug-likeness (QED) is 0.671. The molecule has 1 fully saturated rings. The zero-order valence-corrected chi connectivity index (χ0v) is 17.5. The molecule has 2 aliphatic heterocycles. The van der Waals surface area contributed by atoms with E-state index in [0.29, 0.717) is 18.7 Å². The summed E-state index contributed by atoms with van der Waals surface area (Å²) < 4.78 is 5.36. The summed E-state index contributed by atoms with van der Waals surface area (Å²) in [5.74, 6) is 0.0304. The van der Waals surface area contributed by atoms with E-state index < -0.39 is 0 Å². The van der Waals surface area contributed by atoms with Gasteiger partial charge in [0.2, 0.25) is 0 Å². The monoisotopic (exact) mass is 423 g/mol. The fourth-order valence-corrected chi connectivity index (χ4v) is 5.08. The van der Waals surface area contributed by atoms with Crippen molar-refractivity contribution in [1.29, 1.82) is 0 Å². The molecule has 0 radical (unpaired) electrons. The van der Waals surface area contributed by atoms with Gasteiger partial charge in [-0.05, 0) is 52.6 Å². The van der Waals surface area contributed by atoms with E-state index in [1.54, 1.807) is 28.4 Å². The number of carbonyl (C=O) groups excluding carboxylic acids is 2. The van der Waals surface area contributed by atoms with E-state index in [9.17, 15) is 9.59 Å². The van der Waals surface area contributed by atoms with Gasteiger partial charge in [0.05, 0.1) is 12.1 Å². The van der Waals surface area contributed by atoms with Gasteiger partial charge in [0.25, 0.3) is 5.91 Å². The van der Waals surface area contributed by atoms with Crippen molar-refractivity contribution in [1.82, 2.24) is 10.2 Å². The van der Waals surface area contributed by atoms with Crippen LogP contribution in [0.5, 0.6) is 0 Å². The molecule has 2 aliphatic rings. The van der Waals surface area contributed by atoms with Crippen LogP contribution in [0.15, 0.2) is 60.3 Å². The van der Waals surface area contributed by atoms with Gasteiger partial charge in [-0.2, -0.15) is 11.3 Å². The van der Waals surface area contributed by atoms with E-state index in [1.165, 1.54) is 5.56 Å². The molecule has 1 aromatic heterocycles. The van der Waals surface area contributed by atoms with Gasteiger partial charge in [-0.15, -0.1) is 6.58 Å². The largest absolute Gasteiger partial charge is 0.445 e. The average Bonchev–Trinajstić information content (AvgIpc) is 3.45. The van der Waals surface area contributed by atoms with Gasteiger partial charge in [-0.3, -0.25) is 4.79 Å². The van der Waals surface area contributed by atoms with Crippen molar-refractivity contribution in [2.45, 2.75) is 18.5 Å². The van der Waals surface area contributed by atoms with Crippen LogP contribution in [0.1, 0.15) is 40.0 Å². The van der Waals surface area contributed by atoms with Crippen LogP contribution in [0.3, 0.4) is 0 Å². The predicted octanol–water partition coefficient (Wildman–Crippen LogP) is 4.52. The SMILES string of the molecule is C=CCNC(=O)c1ccc2c(c1)[C@@H]1[C@@H](CCN1C(=O)OCC=C)C(c1ccsc1)N2. The highest BCUT2D eigenvalue weighted by Gasteiger charge is 2.47. The van der Waals surface area contributed by atoms with Crippen LogP contribution in [0.4, 0.5) is 10.5 Å². The highest BCUT2D eigenvalue weighted by Crippen LogP contribution is 2.51. The Bertz CT molecular complexity index is 957. The number of carbonyl (C=O) groups is 2. The summed E-state index contributed by atoms with van der Waals surface area (Å²) in [5, 5.41) is 10.7. The first-order valence-electron chi connectivity index (χ1n) is 10.00. The van der Waals surface area contributed by atoms with Crippen molar-refractivity contribution in [3.8, 4) is 0 Å². The molecule has 0 bridgehead atoms. The second kappa shape index (κ2) is 8.75. The molecule has 3 atom stereocenters. The summed E-state index contributed by atoms with van der Waals surface area (Å²) in [4.78, 5) is 27.1. The summed E-state index contributed by atoms with van der Waals surface area (Å²) in [6.07, 6.45) is 3.72. The molecule has 0 spiro atoms. The lowest BCUT2D eigenvalue weighted by atomic mass is 9.80. The highest BCUT2D eigenvalue weighted by atomic mass is 32.1. The number of nitrogens with zero attached hydrogens (tertiary/aromatic N) is 1. The van der Waals surface area contributed by atoms with Crippen LogP contribution in [0, 0.1) is 5.92 Å². The Hall–Kier alpha value is -3.06. The molecule has 30 heavy (non-hydrogen) atoms. The van der Waals surface area contributed by atoms with Gasteiger partial charge in [-0.25, -0.2) is 4.79 Å². The first kappa shape index (κ1) is 20.2. The van der Waals surface area contributed by atoms with Gasteiger partial charge < -0.3 is 20.3 Å². The van der Waals surface area contributed by atoms with Gasteiger partial charge in [0.1, 0.15) is 6.61 Å². The Morgan fingerprint density at radius 3 is 2.90 bits per heavy atom. The van der Waals surface area contributed by atoms with Crippen LogP contribution >= 0.6 is 11.3 Å². The van der Waals surface area contributed by atoms with Gasteiger partial charge in [-0.1, -0.05) is 18.7 Å². The minimum atomic E-state index is -0.346. The smallest absolute Gasteiger partial charge is 0.410 e. The van der Waals surface area contributed by atoms with Crippen LogP contribution in [-0.4, -0.2) is 36.6 Å². The van der Waals surface area contributed by atoms with Crippen molar-refractivity contribution >= 4 is 29.0 Å². The molecule has 2 aromatic rings. The zero-order valence-electron chi connectivity index (χ0n) is 16.7. The molecular formula is C23H25N3O3S. The molecule has 4 rings (SSSR count). The highest BCUT2D eigenvalue weighted by molar-refractivity contribution is 7.08. The second-order valence-corrected chi connectivity index (χ2v) is 8.22. The first-order valence-corrected chi connectivity index (χ1v) is 10.9. The summed E-state index contributed by atoms with van der Waals surface area (Å²) in [6.45, 7) is 8.45. The number of likely N-dealkylation sites (tertiary alicyclic amines) is 1. The van der Waals surface area contributed by atoms with E-state index in [0.717, 1.165) is 17.7 Å². The number of benzene rings is 1. The summed E-state index contributed by atoms with van der Waals surface area (Å²) in [6, 6.07) is 7.70. The van der Waals surface area contributed by atoms with Gasteiger partial charge in [0, 0.05) is 30.3 Å². The van der Waals surface area contributed by atoms with Crippen LogP contribution in [-0.2, 0) is 4.74 Å². The molecule has 1 saturated heterocycles. The zero-order chi connectivity index (χ0) is 21.1. The van der Waals surface area contributed by atoms with Crippen LogP contribution in [0.25, 0.3) is 0 Å². The average molecular weight is 424 g/mol. The molecular weight excluding hydrogens is 398 g/mol. The van der Waals surface area contributed by atoms with Crippen molar-refractivity contribution in [3.63, 3.8) is 0 Å². The number of ether oxygens (including phenoxy) is 1. The van der Waals surface area contributed by atoms with Crippen LogP contribution in [0.2, 0.25) is 0 Å². The maximum atomic E-state index is 12.8. The molecule has 6 nitrogen and oxygen atoms in total. The van der Waals surface area contributed by atoms with E-state index in [2.05, 4.69) is 40.6 Å². The minimum Gasteiger partial charge on any atom is -0.445 e. The third-order valence-corrected chi connectivity index (χ3v) is 6.39. The Morgan fingerprint density at radius 2 is 2.17 bits per heavy atom. The van der Waals surface area contributed by atoms with Crippen molar-refractivity contribution in [2.75, 3.05) is 25.0 Å². The number of amides is 2. The Balaban J connectivity index is 1.72. The summed E-state index contributed by atoms with van der Waals surface area (Å²) >= 11 is 1.66. The van der Waals surface area contributed by atoms with Crippen molar-refractivity contribution in [2.24, 2.45) is 5.92 Å². The van der Waals surface area contributed by atoms with Gasteiger partial charge in [0.15, 0.2) is 0 Å². The Labute approximate surface area is 180 Å². The normalized spacial score (nSPS) is 21.7. The topological polar surface area (TPSA) is 70.7 Å². The molecule has 1 unspecified atom stereocenters. The third-order valence-electron chi connectivity index (χ3n) is 5.68. The van der Waals surface area contributed by atoms with E-state index in [1.807, 2.05) is 18.2 Å². The molecule has 7 heteroatoms. The maximum absolute atomic E-state index is 12.8. The standard InChI is InChI=1S/C23H25N3O3S/c1-3-9-24-22(27)15-5-6-19-18(13-15)21-17(20(25-19)16-8-12-30-14-16)7-10-26(21)23(28)29-11-4-2/h3-6,8,12-14,17,20-21,25H,1-2,7,9-11H2,(H,24,27)/t17-,20?,21-/m0/s1. The number of hydrogen-bond donors (Lipinski definition) is 2. The number of rotatable bonds is 6. The summed E-state index contributed by atoms with van der Waals surface area (Å²) in [7, 11) is 0. The van der Waals surface area contributed by atoms with E-state index in [-0.39, 0.29) is 36.6 Å². The fraction of sp³-hybridized carbons (Fsp3) is 0.304. The molecule has 2 N–H and O–H groups in total. The Morgan fingerprint density at radius 1 is 1.30 bits per heavy atom.